The Bertz CT molecular complexity index is 156. The van der Waals surface area contributed by atoms with Crippen molar-refractivity contribution in [3.8, 4) is 6.07 Å². The molecule has 0 aromatic heterocycles. The zero-order valence-electron chi connectivity index (χ0n) is 7.37. The molecule has 0 aromatic carbocycles. The summed E-state index contributed by atoms with van der Waals surface area (Å²) in [4.78, 5) is 2.32. The molecule has 1 aliphatic rings. The standard InChI is InChI=1S/C9H16N2O/c10-5-1-2-6-11-7-3-9(12)4-8-11/h9,12H,1-4,6-8H2. The van der Waals surface area contributed by atoms with E-state index in [2.05, 4.69) is 11.0 Å². The lowest BCUT2D eigenvalue weighted by atomic mass is 10.1. The number of aliphatic hydroxyl groups excluding tert-OH is 1. The first-order chi connectivity index (χ1) is 5.83. The maximum absolute atomic E-state index is 9.22. The number of nitriles is 1. The third kappa shape index (κ3) is 3.21. The van der Waals surface area contributed by atoms with Crippen LogP contribution in [0.5, 0.6) is 0 Å². The molecular weight excluding hydrogens is 152 g/mol. The quantitative estimate of drug-likeness (QED) is 0.632. The van der Waals surface area contributed by atoms with E-state index >= 15 is 0 Å². The smallest absolute Gasteiger partial charge is 0.0622 e. The van der Waals surface area contributed by atoms with Crippen LogP contribution in [-0.2, 0) is 0 Å². The average molecular weight is 168 g/mol. The van der Waals surface area contributed by atoms with Crippen molar-refractivity contribution in [2.45, 2.75) is 31.8 Å². The van der Waals surface area contributed by atoms with Crippen LogP contribution in [0, 0.1) is 11.3 Å². The van der Waals surface area contributed by atoms with Crippen LogP contribution in [0.3, 0.4) is 0 Å². The van der Waals surface area contributed by atoms with Crippen LogP contribution in [0.1, 0.15) is 25.7 Å². The normalized spacial score (nSPS) is 20.7. The van der Waals surface area contributed by atoms with Gasteiger partial charge in [-0.05, 0) is 25.8 Å². The highest BCUT2D eigenvalue weighted by Crippen LogP contribution is 2.10. The molecular formula is C9H16N2O. The number of rotatable bonds is 3. The second-order valence-electron chi connectivity index (χ2n) is 3.33. The summed E-state index contributed by atoms with van der Waals surface area (Å²) in [6.07, 6.45) is 3.32. The minimum atomic E-state index is -0.0859. The van der Waals surface area contributed by atoms with Crippen LogP contribution in [0.4, 0.5) is 0 Å². The summed E-state index contributed by atoms with van der Waals surface area (Å²) in [6, 6.07) is 2.14. The van der Waals surface area contributed by atoms with E-state index in [0.717, 1.165) is 38.9 Å². The van der Waals surface area contributed by atoms with Gasteiger partial charge in [0.1, 0.15) is 0 Å². The Balaban J connectivity index is 2.06. The Morgan fingerprint density at radius 3 is 2.67 bits per heavy atom. The summed E-state index contributed by atoms with van der Waals surface area (Å²) >= 11 is 0. The summed E-state index contributed by atoms with van der Waals surface area (Å²) in [5, 5.41) is 17.5. The van der Waals surface area contributed by atoms with Crippen molar-refractivity contribution in [1.82, 2.24) is 4.90 Å². The van der Waals surface area contributed by atoms with E-state index in [4.69, 9.17) is 5.26 Å². The van der Waals surface area contributed by atoms with Crippen LogP contribution in [0.2, 0.25) is 0 Å². The average Bonchev–Trinajstić information content (AvgIpc) is 2.09. The molecule has 1 rings (SSSR count). The molecule has 3 nitrogen and oxygen atoms in total. The highest BCUT2D eigenvalue weighted by molar-refractivity contribution is 4.74. The third-order valence-electron chi connectivity index (χ3n) is 2.32. The molecule has 12 heavy (non-hydrogen) atoms. The second-order valence-corrected chi connectivity index (χ2v) is 3.33. The van der Waals surface area contributed by atoms with Gasteiger partial charge >= 0.3 is 0 Å². The van der Waals surface area contributed by atoms with Gasteiger partial charge in [-0.15, -0.1) is 0 Å². The predicted molar refractivity (Wildman–Crippen MR) is 46.5 cm³/mol. The van der Waals surface area contributed by atoms with E-state index in [-0.39, 0.29) is 6.10 Å². The minimum absolute atomic E-state index is 0.0859. The molecule has 1 aliphatic heterocycles. The van der Waals surface area contributed by atoms with Crippen molar-refractivity contribution in [3.63, 3.8) is 0 Å². The van der Waals surface area contributed by atoms with E-state index in [1.54, 1.807) is 0 Å². The molecule has 0 spiro atoms. The molecule has 0 atom stereocenters. The number of hydrogen-bond donors (Lipinski definition) is 1. The minimum Gasteiger partial charge on any atom is -0.393 e. The Morgan fingerprint density at radius 1 is 1.42 bits per heavy atom. The predicted octanol–water partition coefficient (Wildman–Crippen LogP) is 0.747. The fourth-order valence-corrected chi connectivity index (χ4v) is 1.52. The molecule has 0 aromatic rings. The summed E-state index contributed by atoms with van der Waals surface area (Å²) in [7, 11) is 0. The summed E-state index contributed by atoms with van der Waals surface area (Å²) in [5.41, 5.74) is 0. The van der Waals surface area contributed by atoms with Crippen LogP contribution in [0.15, 0.2) is 0 Å². The number of unbranched alkanes of at least 4 members (excludes halogenated alkanes) is 1. The van der Waals surface area contributed by atoms with Gasteiger partial charge in [0.15, 0.2) is 0 Å². The van der Waals surface area contributed by atoms with E-state index in [9.17, 15) is 5.11 Å². The monoisotopic (exact) mass is 168 g/mol. The zero-order valence-corrected chi connectivity index (χ0v) is 7.37. The lowest BCUT2D eigenvalue weighted by molar-refractivity contribution is 0.0823. The highest BCUT2D eigenvalue weighted by atomic mass is 16.3. The van der Waals surface area contributed by atoms with Gasteiger partial charge < -0.3 is 10.0 Å². The summed E-state index contributed by atoms with van der Waals surface area (Å²) < 4.78 is 0. The number of aliphatic hydroxyl groups is 1. The van der Waals surface area contributed by atoms with Crippen molar-refractivity contribution in [3.05, 3.63) is 0 Å². The van der Waals surface area contributed by atoms with Gasteiger partial charge in [-0.2, -0.15) is 5.26 Å². The first-order valence-electron chi connectivity index (χ1n) is 4.60. The van der Waals surface area contributed by atoms with E-state index in [1.807, 2.05) is 0 Å². The van der Waals surface area contributed by atoms with Crippen LogP contribution < -0.4 is 0 Å². The molecule has 0 bridgehead atoms. The molecule has 0 saturated carbocycles. The summed E-state index contributed by atoms with van der Waals surface area (Å²) in [6.45, 7) is 3.00. The van der Waals surface area contributed by atoms with Crippen molar-refractivity contribution in [1.29, 1.82) is 5.26 Å². The largest absolute Gasteiger partial charge is 0.393 e. The van der Waals surface area contributed by atoms with Crippen molar-refractivity contribution in [2.24, 2.45) is 0 Å². The molecule has 1 fully saturated rings. The molecule has 0 unspecified atom stereocenters. The van der Waals surface area contributed by atoms with E-state index in [1.165, 1.54) is 0 Å². The molecule has 68 valence electrons. The number of nitrogens with zero attached hydrogens (tertiary/aromatic N) is 2. The number of hydrogen-bond acceptors (Lipinski definition) is 3. The Morgan fingerprint density at radius 2 is 2.08 bits per heavy atom. The van der Waals surface area contributed by atoms with Crippen LogP contribution in [0.25, 0.3) is 0 Å². The van der Waals surface area contributed by atoms with E-state index in [0.29, 0.717) is 6.42 Å². The number of piperidine rings is 1. The summed E-state index contributed by atoms with van der Waals surface area (Å²) in [5.74, 6) is 0. The first kappa shape index (κ1) is 9.50. The lowest BCUT2D eigenvalue weighted by Crippen LogP contribution is -2.36. The molecule has 0 amide bonds. The van der Waals surface area contributed by atoms with Gasteiger partial charge in [-0.25, -0.2) is 0 Å². The SMILES string of the molecule is N#CCCCN1CCC(O)CC1. The Kier molecular flexibility index (Phi) is 4.06. The zero-order chi connectivity index (χ0) is 8.81. The Hall–Kier alpha value is -0.590. The maximum atomic E-state index is 9.22. The molecule has 0 radical (unpaired) electrons. The molecule has 1 heterocycles. The maximum Gasteiger partial charge on any atom is 0.0622 e. The molecule has 1 saturated heterocycles. The van der Waals surface area contributed by atoms with Gasteiger partial charge in [0.05, 0.1) is 12.2 Å². The van der Waals surface area contributed by atoms with Crippen molar-refractivity contribution < 1.29 is 5.11 Å². The highest BCUT2D eigenvalue weighted by Gasteiger charge is 2.15. The third-order valence-corrected chi connectivity index (χ3v) is 2.32. The van der Waals surface area contributed by atoms with Gasteiger partial charge in [0.25, 0.3) is 0 Å². The van der Waals surface area contributed by atoms with Crippen molar-refractivity contribution >= 4 is 0 Å². The first-order valence-corrected chi connectivity index (χ1v) is 4.60. The van der Waals surface area contributed by atoms with Crippen LogP contribution >= 0.6 is 0 Å². The second kappa shape index (κ2) is 5.13. The fraction of sp³-hybridized carbons (Fsp3) is 0.889. The number of likely N-dealkylation sites (tertiary alicyclic amines) is 1. The van der Waals surface area contributed by atoms with Crippen molar-refractivity contribution in [2.75, 3.05) is 19.6 Å². The van der Waals surface area contributed by atoms with Gasteiger partial charge in [0, 0.05) is 19.5 Å². The molecule has 0 aliphatic carbocycles. The van der Waals surface area contributed by atoms with E-state index < -0.39 is 0 Å². The lowest BCUT2D eigenvalue weighted by Gasteiger charge is -2.29. The molecule has 3 heteroatoms. The fourth-order valence-electron chi connectivity index (χ4n) is 1.52. The van der Waals surface area contributed by atoms with Crippen LogP contribution in [-0.4, -0.2) is 35.7 Å². The van der Waals surface area contributed by atoms with Gasteiger partial charge in [-0.1, -0.05) is 0 Å². The van der Waals surface area contributed by atoms with Gasteiger partial charge in [-0.3, -0.25) is 0 Å². The Labute approximate surface area is 73.6 Å². The van der Waals surface area contributed by atoms with Gasteiger partial charge in [0.2, 0.25) is 0 Å². The molecule has 1 N–H and O–H groups in total. The topological polar surface area (TPSA) is 47.3 Å².